The van der Waals surface area contributed by atoms with Gasteiger partial charge in [0.1, 0.15) is 17.4 Å². The molecule has 0 N–H and O–H groups in total. The molecule has 0 aliphatic heterocycles. The average molecular weight is 492 g/mol. The van der Waals surface area contributed by atoms with Crippen molar-refractivity contribution in [3.8, 4) is 17.3 Å². The van der Waals surface area contributed by atoms with Crippen molar-refractivity contribution in [2.24, 2.45) is 0 Å². The number of amides is 1. The third kappa shape index (κ3) is 5.78. The van der Waals surface area contributed by atoms with Gasteiger partial charge in [-0.1, -0.05) is 25.1 Å². The summed E-state index contributed by atoms with van der Waals surface area (Å²) in [5, 5.41) is 4.79. The third-order valence-corrected chi connectivity index (χ3v) is 5.68. The molecule has 0 unspecified atom stereocenters. The van der Waals surface area contributed by atoms with E-state index in [4.69, 9.17) is 14.6 Å². The summed E-state index contributed by atoms with van der Waals surface area (Å²) in [6.07, 6.45) is 0.595. The van der Waals surface area contributed by atoms with Gasteiger partial charge in [0.15, 0.2) is 0 Å². The number of aromatic nitrogens is 2. The minimum atomic E-state index is -0.414. The van der Waals surface area contributed by atoms with Crippen LogP contribution < -0.4 is 4.74 Å². The van der Waals surface area contributed by atoms with Gasteiger partial charge in [-0.05, 0) is 67.1 Å². The number of rotatable bonds is 10. The van der Waals surface area contributed by atoms with Crippen LogP contribution in [0.25, 0.3) is 5.69 Å². The highest BCUT2D eigenvalue weighted by Gasteiger charge is 2.25. The Morgan fingerprint density at radius 2 is 1.58 bits per heavy atom. The van der Waals surface area contributed by atoms with E-state index in [2.05, 4.69) is 0 Å². The predicted molar refractivity (Wildman–Crippen MR) is 132 cm³/mol. The summed E-state index contributed by atoms with van der Waals surface area (Å²) in [6, 6.07) is 20.7. The molecule has 36 heavy (non-hydrogen) atoms. The van der Waals surface area contributed by atoms with Crippen LogP contribution in [0.4, 0.5) is 8.78 Å². The number of aryl methyl sites for hydroxylation is 1. The van der Waals surface area contributed by atoms with Crippen molar-refractivity contribution >= 4 is 5.91 Å². The summed E-state index contributed by atoms with van der Waals surface area (Å²) in [5.74, 6) is -0.189. The van der Waals surface area contributed by atoms with E-state index < -0.39 is 5.82 Å². The van der Waals surface area contributed by atoms with Gasteiger partial charge >= 0.3 is 0 Å². The number of hydrogen-bond donors (Lipinski definition) is 0. The molecule has 0 atom stereocenters. The van der Waals surface area contributed by atoms with Crippen LogP contribution in [0.2, 0.25) is 0 Å². The molecule has 186 valence electrons. The molecule has 0 bridgehead atoms. The quantitative estimate of drug-likeness (QED) is 0.282. The van der Waals surface area contributed by atoms with Crippen molar-refractivity contribution < 1.29 is 23.0 Å². The second kappa shape index (κ2) is 11.6. The first-order valence-corrected chi connectivity index (χ1v) is 11.6. The first-order valence-electron chi connectivity index (χ1n) is 11.6. The summed E-state index contributed by atoms with van der Waals surface area (Å²) in [4.78, 5) is 15.0. The smallest absolute Gasteiger partial charge is 0.254 e. The molecule has 0 aliphatic carbocycles. The monoisotopic (exact) mass is 491 g/mol. The zero-order valence-corrected chi connectivity index (χ0v) is 20.2. The van der Waals surface area contributed by atoms with Crippen LogP contribution in [0.1, 0.15) is 28.5 Å². The molecule has 0 fully saturated rings. The summed E-state index contributed by atoms with van der Waals surface area (Å²) < 4.78 is 40.2. The fraction of sp³-hybridized carbons (Fsp3) is 0.214. The molecule has 0 spiro atoms. The summed E-state index contributed by atoms with van der Waals surface area (Å²) >= 11 is 0. The Bertz CT molecular complexity index is 1290. The number of ether oxygens (including phenoxy) is 2. The fourth-order valence-corrected chi connectivity index (χ4v) is 3.80. The van der Waals surface area contributed by atoms with Gasteiger partial charge in [-0.15, -0.1) is 0 Å². The molecule has 0 saturated heterocycles. The van der Waals surface area contributed by atoms with E-state index in [1.165, 1.54) is 36.4 Å². The Balaban J connectivity index is 1.77. The molecule has 0 saturated carbocycles. The second-order valence-electron chi connectivity index (χ2n) is 8.11. The topological polar surface area (TPSA) is 56.6 Å². The zero-order chi connectivity index (χ0) is 25.5. The van der Waals surface area contributed by atoms with E-state index in [1.54, 1.807) is 28.8 Å². The fourth-order valence-electron chi connectivity index (χ4n) is 3.80. The molecule has 6 nitrogen and oxygen atoms in total. The van der Waals surface area contributed by atoms with Crippen LogP contribution in [0.15, 0.2) is 78.9 Å². The maximum absolute atomic E-state index is 13.5. The van der Waals surface area contributed by atoms with Crippen LogP contribution in [-0.4, -0.2) is 40.8 Å². The first-order chi connectivity index (χ1) is 17.5. The standard InChI is InChI=1S/C28H27F2N3O3/c1-3-26-25(19-32(17-18-35-2)27(34)20-9-11-21(29)12-10-20)28(36-24-15-13-22(30)14-16-24)33(31-26)23-7-5-4-6-8-23/h4-16H,3,17-19H2,1-2H3. The molecule has 1 amide bonds. The predicted octanol–water partition coefficient (Wildman–Crippen LogP) is 5.79. The van der Waals surface area contributed by atoms with Gasteiger partial charge in [-0.2, -0.15) is 5.10 Å². The van der Waals surface area contributed by atoms with Crippen molar-refractivity contribution in [3.05, 3.63) is 107 Å². The van der Waals surface area contributed by atoms with Crippen molar-refractivity contribution in [1.82, 2.24) is 14.7 Å². The van der Waals surface area contributed by atoms with Crippen LogP contribution in [0.3, 0.4) is 0 Å². The average Bonchev–Trinajstić information content (AvgIpc) is 3.25. The maximum Gasteiger partial charge on any atom is 0.254 e. The van der Waals surface area contributed by atoms with E-state index in [0.29, 0.717) is 36.8 Å². The van der Waals surface area contributed by atoms with Crippen molar-refractivity contribution in [1.29, 1.82) is 0 Å². The Morgan fingerprint density at radius 1 is 0.944 bits per heavy atom. The lowest BCUT2D eigenvalue weighted by Crippen LogP contribution is -2.33. The first kappa shape index (κ1) is 25.1. The highest BCUT2D eigenvalue weighted by molar-refractivity contribution is 5.94. The largest absolute Gasteiger partial charge is 0.439 e. The number of hydrogen-bond acceptors (Lipinski definition) is 4. The minimum Gasteiger partial charge on any atom is -0.439 e. The Morgan fingerprint density at radius 3 is 2.19 bits per heavy atom. The molecule has 4 aromatic rings. The van der Waals surface area contributed by atoms with Gasteiger partial charge < -0.3 is 14.4 Å². The highest BCUT2D eigenvalue weighted by atomic mass is 19.1. The number of methoxy groups -OCH3 is 1. The molecular weight excluding hydrogens is 464 g/mol. The Hall–Kier alpha value is -4.04. The molecule has 4 rings (SSSR count). The van der Waals surface area contributed by atoms with Gasteiger partial charge in [0, 0.05) is 19.2 Å². The van der Waals surface area contributed by atoms with Crippen LogP contribution in [-0.2, 0) is 17.7 Å². The Labute approximate surface area is 208 Å². The van der Waals surface area contributed by atoms with Crippen LogP contribution in [0.5, 0.6) is 11.6 Å². The van der Waals surface area contributed by atoms with E-state index in [-0.39, 0.29) is 18.3 Å². The number of benzene rings is 3. The minimum absolute atomic E-state index is 0.187. The van der Waals surface area contributed by atoms with Crippen molar-refractivity contribution in [3.63, 3.8) is 0 Å². The van der Waals surface area contributed by atoms with Gasteiger partial charge in [-0.25, -0.2) is 13.5 Å². The van der Waals surface area contributed by atoms with E-state index in [0.717, 1.165) is 16.9 Å². The molecule has 1 heterocycles. The number of carbonyl (C=O) groups excluding carboxylic acids is 1. The zero-order valence-electron chi connectivity index (χ0n) is 20.2. The van der Waals surface area contributed by atoms with E-state index >= 15 is 0 Å². The van der Waals surface area contributed by atoms with Crippen LogP contribution in [0, 0.1) is 11.6 Å². The van der Waals surface area contributed by atoms with Crippen molar-refractivity contribution in [2.45, 2.75) is 19.9 Å². The normalized spacial score (nSPS) is 10.9. The number of nitrogens with zero attached hydrogens (tertiary/aromatic N) is 3. The lowest BCUT2D eigenvalue weighted by atomic mass is 10.1. The summed E-state index contributed by atoms with van der Waals surface area (Å²) in [7, 11) is 1.56. The number of para-hydroxylation sites is 1. The molecule has 1 aromatic heterocycles. The SMILES string of the molecule is CCc1nn(-c2ccccc2)c(Oc2ccc(F)cc2)c1CN(CCOC)C(=O)c1ccc(F)cc1. The Kier molecular flexibility index (Phi) is 8.07. The lowest BCUT2D eigenvalue weighted by Gasteiger charge is -2.23. The van der Waals surface area contributed by atoms with E-state index in [9.17, 15) is 13.6 Å². The van der Waals surface area contributed by atoms with Gasteiger partial charge in [0.05, 0.1) is 30.1 Å². The lowest BCUT2D eigenvalue weighted by molar-refractivity contribution is 0.0679. The van der Waals surface area contributed by atoms with E-state index in [1.807, 2.05) is 37.3 Å². The molecule has 3 aromatic carbocycles. The summed E-state index contributed by atoms with van der Waals surface area (Å²) in [6.45, 7) is 2.79. The van der Waals surface area contributed by atoms with Crippen molar-refractivity contribution in [2.75, 3.05) is 20.3 Å². The second-order valence-corrected chi connectivity index (χ2v) is 8.11. The molecule has 0 aliphatic rings. The molecule has 0 radical (unpaired) electrons. The van der Waals surface area contributed by atoms with Gasteiger partial charge in [-0.3, -0.25) is 4.79 Å². The third-order valence-electron chi connectivity index (χ3n) is 5.68. The van der Waals surface area contributed by atoms with Crippen LogP contribution >= 0.6 is 0 Å². The summed E-state index contributed by atoms with van der Waals surface area (Å²) in [5.41, 5.74) is 2.62. The van der Waals surface area contributed by atoms with Gasteiger partial charge in [0.2, 0.25) is 5.88 Å². The maximum atomic E-state index is 13.5. The van der Waals surface area contributed by atoms with Gasteiger partial charge in [0.25, 0.3) is 5.91 Å². The highest BCUT2D eigenvalue weighted by Crippen LogP contribution is 2.32. The number of halogens is 2. The number of carbonyl (C=O) groups is 1. The molecular formula is C28H27F2N3O3. The molecule has 8 heteroatoms.